The van der Waals surface area contributed by atoms with E-state index in [0.717, 1.165) is 11.2 Å². The largest absolute Gasteiger partial charge is 0.301 e. The van der Waals surface area contributed by atoms with Gasteiger partial charge in [-0.1, -0.05) is 17.7 Å². The summed E-state index contributed by atoms with van der Waals surface area (Å²) in [5.41, 5.74) is 1.75. The highest BCUT2D eigenvalue weighted by Crippen LogP contribution is 2.16. The molecule has 0 aliphatic heterocycles. The molecule has 2 aromatic rings. The van der Waals surface area contributed by atoms with Crippen LogP contribution < -0.4 is 0 Å². The van der Waals surface area contributed by atoms with Crippen molar-refractivity contribution in [3.05, 3.63) is 35.4 Å². The third-order valence-electron chi connectivity index (χ3n) is 2.04. The lowest BCUT2D eigenvalue weighted by atomic mass is 10.2. The quantitative estimate of drug-likeness (QED) is 0.758. The third kappa shape index (κ3) is 1.51. The standard InChI is InChI=1S/C10H9ClN2O/c1-7(14)5-8-3-2-4-9-10(11)12-6-13(8)9/h2-4,6H,5H2,1H3. The number of aromatic nitrogens is 2. The fraction of sp³-hybridized carbons (Fsp3) is 0.200. The van der Waals surface area contributed by atoms with Crippen molar-refractivity contribution in [3.8, 4) is 0 Å². The SMILES string of the molecule is CC(=O)Cc1cccc2c(Cl)ncn12. The molecule has 3 nitrogen and oxygen atoms in total. The van der Waals surface area contributed by atoms with Crippen molar-refractivity contribution in [2.75, 3.05) is 0 Å². The number of hydrogen-bond donors (Lipinski definition) is 0. The lowest BCUT2D eigenvalue weighted by molar-refractivity contribution is -0.116. The van der Waals surface area contributed by atoms with E-state index in [-0.39, 0.29) is 5.78 Å². The molecule has 0 saturated carbocycles. The summed E-state index contributed by atoms with van der Waals surface area (Å²) in [6.07, 6.45) is 2.04. The smallest absolute Gasteiger partial charge is 0.154 e. The highest BCUT2D eigenvalue weighted by molar-refractivity contribution is 6.32. The minimum Gasteiger partial charge on any atom is -0.301 e. The third-order valence-corrected chi connectivity index (χ3v) is 2.33. The van der Waals surface area contributed by atoms with Gasteiger partial charge < -0.3 is 4.40 Å². The predicted molar refractivity (Wildman–Crippen MR) is 54.6 cm³/mol. The number of nitrogens with zero attached hydrogens (tertiary/aromatic N) is 2. The molecule has 0 aliphatic carbocycles. The first-order chi connectivity index (χ1) is 6.68. The van der Waals surface area contributed by atoms with Crippen LogP contribution >= 0.6 is 11.6 Å². The Bertz CT molecular complexity index is 490. The number of imidazole rings is 1. The molecular formula is C10H9ClN2O. The van der Waals surface area contributed by atoms with Gasteiger partial charge >= 0.3 is 0 Å². The van der Waals surface area contributed by atoms with Gasteiger partial charge in [0.2, 0.25) is 0 Å². The van der Waals surface area contributed by atoms with Gasteiger partial charge in [-0.3, -0.25) is 4.79 Å². The van der Waals surface area contributed by atoms with Gasteiger partial charge in [0.15, 0.2) is 5.15 Å². The molecule has 0 N–H and O–H groups in total. The second-order valence-corrected chi connectivity index (χ2v) is 3.54. The van der Waals surface area contributed by atoms with Gasteiger partial charge in [-0.15, -0.1) is 0 Å². The van der Waals surface area contributed by atoms with E-state index in [4.69, 9.17) is 11.6 Å². The Labute approximate surface area is 86.3 Å². The average Bonchev–Trinajstić information content (AvgIpc) is 2.49. The number of ketones is 1. The van der Waals surface area contributed by atoms with Crippen LogP contribution in [0.5, 0.6) is 0 Å². The van der Waals surface area contributed by atoms with Crippen LogP contribution in [0.4, 0.5) is 0 Å². The summed E-state index contributed by atoms with van der Waals surface area (Å²) in [5, 5.41) is 0.468. The van der Waals surface area contributed by atoms with Crippen molar-refractivity contribution in [3.63, 3.8) is 0 Å². The van der Waals surface area contributed by atoms with Crippen molar-refractivity contribution in [2.24, 2.45) is 0 Å². The molecule has 4 heteroatoms. The van der Waals surface area contributed by atoms with Crippen LogP contribution in [0.2, 0.25) is 5.15 Å². The number of fused-ring (bicyclic) bond motifs is 1. The molecule has 0 spiro atoms. The Balaban J connectivity index is 2.59. The summed E-state index contributed by atoms with van der Waals surface area (Å²) in [7, 11) is 0. The van der Waals surface area contributed by atoms with Crippen LogP contribution in [-0.4, -0.2) is 15.2 Å². The van der Waals surface area contributed by atoms with Crippen LogP contribution in [-0.2, 0) is 11.2 Å². The van der Waals surface area contributed by atoms with Gasteiger partial charge in [0.25, 0.3) is 0 Å². The van der Waals surface area contributed by atoms with Crippen LogP contribution in [0.1, 0.15) is 12.6 Å². The molecule has 0 saturated heterocycles. The summed E-state index contributed by atoms with van der Waals surface area (Å²) in [6.45, 7) is 1.57. The van der Waals surface area contributed by atoms with Crippen LogP contribution in [0.25, 0.3) is 5.52 Å². The van der Waals surface area contributed by atoms with Gasteiger partial charge in [0, 0.05) is 12.1 Å². The molecule has 0 radical (unpaired) electrons. The Kier molecular flexibility index (Phi) is 2.25. The van der Waals surface area contributed by atoms with Crippen LogP contribution in [0.3, 0.4) is 0 Å². The fourth-order valence-corrected chi connectivity index (χ4v) is 1.64. The van der Waals surface area contributed by atoms with Gasteiger partial charge in [0.1, 0.15) is 12.1 Å². The van der Waals surface area contributed by atoms with E-state index in [1.54, 1.807) is 13.3 Å². The van der Waals surface area contributed by atoms with Crippen molar-refractivity contribution in [1.82, 2.24) is 9.38 Å². The molecule has 0 aliphatic rings. The zero-order valence-electron chi connectivity index (χ0n) is 7.70. The predicted octanol–water partition coefficient (Wildman–Crippen LogP) is 2.12. The zero-order valence-corrected chi connectivity index (χ0v) is 8.45. The van der Waals surface area contributed by atoms with Crippen LogP contribution in [0, 0.1) is 0 Å². The molecule has 2 heterocycles. The van der Waals surface area contributed by atoms with Gasteiger partial charge in [-0.2, -0.15) is 0 Å². The number of rotatable bonds is 2. The van der Waals surface area contributed by atoms with Crippen molar-refractivity contribution in [2.45, 2.75) is 13.3 Å². The number of carbonyl (C=O) groups is 1. The maximum atomic E-state index is 11.0. The Morgan fingerprint density at radius 1 is 1.57 bits per heavy atom. The maximum absolute atomic E-state index is 11.0. The van der Waals surface area contributed by atoms with Crippen molar-refractivity contribution in [1.29, 1.82) is 0 Å². The molecule has 2 rings (SSSR count). The lowest BCUT2D eigenvalue weighted by Gasteiger charge is -2.02. The first kappa shape index (κ1) is 9.21. The molecule has 2 aromatic heterocycles. The molecule has 0 amide bonds. The summed E-state index contributed by atoms with van der Waals surface area (Å²) < 4.78 is 1.84. The maximum Gasteiger partial charge on any atom is 0.154 e. The van der Waals surface area contributed by atoms with E-state index in [1.807, 2.05) is 22.6 Å². The van der Waals surface area contributed by atoms with E-state index < -0.39 is 0 Å². The zero-order chi connectivity index (χ0) is 10.1. The minimum absolute atomic E-state index is 0.127. The first-order valence-corrected chi connectivity index (χ1v) is 4.66. The molecule has 0 aromatic carbocycles. The highest BCUT2D eigenvalue weighted by Gasteiger charge is 2.06. The fourth-order valence-electron chi connectivity index (χ4n) is 1.44. The number of halogens is 1. The second-order valence-electron chi connectivity index (χ2n) is 3.19. The monoisotopic (exact) mass is 208 g/mol. The van der Waals surface area contributed by atoms with Crippen molar-refractivity contribution < 1.29 is 4.79 Å². The highest BCUT2D eigenvalue weighted by atomic mass is 35.5. The number of Topliss-reactive ketones (excluding diaryl/α,β-unsaturated/α-hetero) is 1. The minimum atomic E-state index is 0.127. The summed E-state index contributed by atoms with van der Waals surface area (Å²) in [6, 6.07) is 5.65. The first-order valence-electron chi connectivity index (χ1n) is 4.28. The second kappa shape index (κ2) is 3.42. The number of pyridine rings is 1. The molecule has 14 heavy (non-hydrogen) atoms. The van der Waals surface area contributed by atoms with E-state index in [2.05, 4.69) is 4.98 Å². The summed E-state index contributed by atoms with van der Waals surface area (Å²) in [4.78, 5) is 15.0. The average molecular weight is 209 g/mol. The Hall–Kier alpha value is -1.35. The van der Waals surface area contributed by atoms with Gasteiger partial charge in [-0.25, -0.2) is 4.98 Å². The molecule has 72 valence electrons. The molecule has 0 bridgehead atoms. The molecular weight excluding hydrogens is 200 g/mol. The van der Waals surface area contributed by atoms with E-state index in [0.29, 0.717) is 11.6 Å². The normalized spacial score (nSPS) is 10.7. The van der Waals surface area contributed by atoms with E-state index in [1.165, 1.54) is 0 Å². The van der Waals surface area contributed by atoms with E-state index >= 15 is 0 Å². The molecule has 0 atom stereocenters. The Morgan fingerprint density at radius 2 is 2.36 bits per heavy atom. The summed E-state index contributed by atoms with van der Waals surface area (Å²) >= 11 is 5.86. The van der Waals surface area contributed by atoms with E-state index in [9.17, 15) is 4.79 Å². The number of hydrogen-bond acceptors (Lipinski definition) is 2. The Morgan fingerprint density at radius 3 is 3.07 bits per heavy atom. The molecule has 0 fully saturated rings. The van der Waals surface area contributed by atoms with Gasteiger partial charge in [-0.05, 0) is 19.1 Å². The lowest BCUT2D eigenvalue weighted by Crippen LogP contribution is -2.01. The van der Waals surface area contributed by atoms with Gasteiger partial charge in [0.05, 0.1) is 5.52 Å². The molecule has 0 unspecified atom stereocenters. The summed E-state index contributed by atoms with van der Waals surface area (Å²) in [5.74, 6) is 0.127. The topological polar surface area (TPSA) is 34.4 Å². The van der Waals surface area contributed by atoms with Crippen molar-refractivity contribution >= 4 is 22.9 Å². The van der Waals surface area contributed by atoms with Crippen LogP contribution in [0.15, 0.2) is 24.5 Å². The number of carbonyl (C=O) groups excluding carboxylic acids is 1.